The number of likely N-dealkylation sites (tertiary alicyclic amines) is 1. The van der Waals surface area contributed by atoms with Gasteiger partial charge in [-0.3, -0.25) is 0 Å². The van der Waals surface area contributed by atoms with Crippen LogP contribution in [0.1, 0.15) is 12.0 Å². The summed E-state index contributed by atoms with van der Waals surface area (Å²) in [5.74, 6) is 1.84. The Hall–Kier alpha value is -3.21. The fourth-order valence-corrected chi connectivity index (χ4v) is 4.42. The first-order valence-corrected chi connectivity index (χ1v) is 10.2. The number of rotatable bonds is 3. The van der Waals surface area contributed by atoms with Gasteiger partial charge in [0.2, 0.25) is 11.9 Å². The van der Waals surface area contributed by atoms with Crippen LogP contribution in [0, 0.1) is 0 Å². The highest BCUT2D eigenvalue weighted by molar-refractivity contribution is 5.74. The number of hydrogen-bond acceptors (Lipinski definition) is 9. The van der Waals surface area contributed by atoms with Crippen molar-refractivity contribution in [1.82, 2.24) is 24.8 Å². The maximum atomic E-state index is 11.6. The third-order valence-electron chi connectivity index (χ3n) is 6.00. The Morgan fingerprint density at radius 1 is 1.10 bits per heavy atom. The molecule has 2 fully saturated rings. The second kappa shape index (κ2) is 7.56. The van der Waals surface area contributed by atoms with Crippen LogP contribution < -0.4 is 21.3 Å². The molecule has 0 saturated carbocycles. The van der Waals surface area contributed by atoms with Crippen LogP contribution >= 0.6 is 0 Å². The van der Waals surface area contributed by atoms with E-state index in [1.54, 1.807) is 17.3 Å². The maximum Gasteiger partial charge on any atom is 0.314 e. The summed E-state index contributed by atoms with van der Waals surface area (Å²) in [7, 11) is 0. The van der Waals surface area contributed by atoms with E-state index in [1.165, 1.54) is 0 Å². The van der Waals surface area contributed by atoms with Crippen molar-refractivity contribution in [3.05, 3.63) is 18.0 Å². The molecule has 2 saturated heterocycles. The SMILES string of the molecule is NC(=O)N1CCC(N2CCc3c(-c4cnc(N)nc4)nc(N4CCOCC4)nc32)C1. The van der Waals surface area contributed by atoms with Crippen molar-refractivity contribution in [1.29, 1.82) is 0 Å². The molecule has 2 amide bonds. The molecule has 3 aliphatic rings. The lowest BCUT2D eigenvalue weighted by molar-refractivity contribution is 0.122. The van der Waals surface area contributed by atoms with Gasteiger partial charge < -0.3 is 30.9 Å². The van der Waals surface area contributed by atoms with Gasteiger partial charge >= 0.3 is 6.03 Å². The first-order chi connectivity index (χ1) is 14.6. The van der Waals surface area contributed by atoms with Gasteiger partial charge in [0.05, 0.1) is 18.9 Å². The largest absolute Gasteiger partial charge is 0.378 e. The third-order valence-corrected chi connectivity index (χ3v) is 6.00. The number of amides is 2. The van der Waals surface area contributed by atoms with Crippen molar-refractivity contribution in [2.24, 2.45) is 5.73 Å². The van der Waals surface area contributed by atoms with Gasteiger partial charge in [0.25, 0.3) is 0 Å². The molecular weight excluding hydrogens is 386 g/mol. The molecule has 1 unspecified atom stereocenters. The minimum atomic E-state index is -0.367. The average molecular weight is 411 g/mol. The first-order valence-electron chi connectivity index (χ1n) is 10.2. The lowest BCUT2D eigenvalue weighted by Crippen LogP contribution is -2.40. The molecule has 5 heterocycles. The lowest BCUT2D eigenvalue weighted by atomic mass is 10.1. The number of primary amides is 1. The van der Waals surface area contributed by atoms with Crippen LogP contribution in [0.25, 0.3) is 11.3 Å². The van der Waals surface area contributed by atoms with Gasteiger partial charge in [-0.25, -0.2) is 19.7 Å². The average Bonchev–Trinajstić information content (AvgIpc) is 3.41. The van der Waals surface area contributed by atoms with Crippen LogP contribution in [0.5, 0.6) is 0 Å². The number of carbonyl (C=O) groups excluding carboxylic acids is 1. The fourth-order valence-electron chi connectivity index (χ4n) is 4.42. The van der Waals surface area contributed by atoms with Crippen LogP contribution in [0.2, 0.25) is 0 Å². The molecule has 0 spiro atoms. The number of morpholine rings is 1. The van der Waals surface area contributed by atoms with E-state index < -0.39 is 0 Å². The van der Waals surface area contributed by atoms with Gasteiger partial charge in [-0.05, 0) is 12.8 Å². The zero-order chi connectivity index (χ0) is 20.7. The van der Waals surface area contributed by atoms with Gasteiger partial charge in [0, 0.05) is 62.3 Å². The summed E-state index contributed by atoms with van der Waals surface area (Å²) in [4.78, 5) is 35.9. The molecule has 0 aliphatic carbocycles. The number of nitrogens with zero attached hydrogens (tertiary/aromatic N) is 7. The van der Waals surface area contributed by atoms with E-state index in [0.717, 1.165) is 55.1 Å². The van der Waals surface area contributed by atoms with E-state index in [-0.39, 0.29) is 18.0 Å². The summed E-state index contributed by atoms with van der Waals surface area (Å²) in [5.41, 5.74) is 13.9. The zero-order valence-electron chi connectivity index (χ0n) is 16.7. The monoisotopic (exact) mass is 411 g/mol. The number of hydrogen-bond donors (Lipinski definition) is 2. The summed E-state index contributed by atoms with van der Waals surface area (Å²) in [6, 6.07) is -0.171. The van der Waals surface area contributed by atoms with E-state index in [0.29, 0.717) is 32.3 Å². The molecule has 1 atom stereocenters. The predicted octanol–water partition coefficient (Wildman–Crippen LogP) is -0.132. The van der Waals surface area contributed by atoms with Gasteiger partial charge in [0.15, 0.2) is 0 Å². The van der Waals surface area contributed by atoms with Crippen LogP contribution in [0.4, 0.5) is 22.5 Å². The van der Waals surface area contributed by atoms with Gasteiger partial charge in [-0.15, -0.1) is 0 Å². The van der Waals surface area contributed by atoms with Crippen LogP contribution in [0.15, 0.2) is 12.4 Å². The zero-order valence-corrected chi connectivity index (χ0v) is 16.7. The summed E-state index contributed by atoms with van der Waals surface area (Å²) in [6.07, 6.45) is 5.12. The van der Waals surface area contributed by atoms with Crippen LogP contribution in [-0.4, -0.2) is 82.8 Å². The van der Waals surface area contributed by atoms with E-state index in [4.69, 9.17) is 26.2 Å². The van der Waals surface area contributed by atoms with Gasteiger partial charge in [-0.1, -0.05) is 0 Å². The number of carbonyl (C=O) groups is 1. The third kappa shape index (κ3) is 3.34. The molecule has 158 valence electrons. The Morgan fingerprint density at radius 3 is 2.57 bits per heavy atom. The highest BCUT2D eigenvalue weighted by atomic mass is 16.5. The molecule has 0 bridgehead atoms. The molecule has 2 aromatic rings. The number of urea groups is 1. The van der Waals surface area contributed by atoms with E-state index >= 15 is 0 Å². The molecule has 11 nitrogen and oxygen atoms in total. The molecule has 5 rings (SSSR count). The second-order valence-electron chi connectivity index (χ2n) is 7.77. The number of ether oxygens (including phenoxy) is 1. The minimum Gasteiger partial charge on any atom is -0.378 e. The molecule has 3 aliphatic heterocycles. The normalized spacial score (nSPS) is 21.2. The molecular formula is C19H25N9O2. The van der Waals surface area contributed by atoms with Crippen molar-refractivity contribution < 1.29 is 9.53 Å². The molecule has 2 aromatic heterocycles. The lowest BCUT2D eigenvalue weighted by Gasteiger charge is -2.30. The number of aromatic nitrogens is 4. The van der Waals surface area contributed by atoms with Gasteiger partial charge in [0.1, 0.15) is 5.82 Å². The Bertz CT molecular complexity index is 946. The standard InChI is InChI=1S/C19H25N9O2/c20-17-22-9-12(10-23-17)15-14-2-4-28(13-1-3-27(11-13)18(21)29)16(14)25-19(24-15)26-5-7-30-8-6-26/h9-10,13H,1-8,11H2,(H2,21,29)(H2,20,22,23). The van der Waals surface area contributed by atoms with Crippen molar-refractivity contribution in [2.45, 2.75) is 18.9 Å². The molecule has 0 aromatic carbocycles. The smallest absolute Gasteiger partial charge is 0.314 e. The number of nitrogen functional groups attached to an aromatic ring is 1. The van der Waals surface area contributed by atoms with E-state index in [1.807, 2.05) is 0 Å². The first kappa shape index (κ1) is 18.8. The molecule has 4 N–H and O–H groups in total. The summed E-state index contributed by atoms with van der Waals surface area (Å²) in [6.45, 7) is 4.92. The summed E-state index contributed by atoms with van der Waals surface area (Å²) < 4.78 is 5.49. The van der Waals surface area contributed by atoms with Crippen LogP contribution in [0.3, 0.4) is 0 Å². The van der Waals surface area contributed by atoms with Gasteiger partial charge in [-0.2, -0.15) is 4.98 Å². The Labute approximate surface area is 174 Å². The maximum absolute atomic E-state index is 11.6. The Kier molecular flexibility index (Phi) is 4.74. The molecule has 30 heavy (non-hydrogen) atoms. The van der Waals surface area contributed by atoms with Crippen molar-refractivity contribution in [2.75, 3.05) is 61.5 Å². The number of fused-ring (bicyclic) bond motifs is 1. The minimum absolute atomic E-state index is 0.196. The van der Waals surface area contributed by atoms with Crippen LogP contribution in [-0.2, 0) is 11.2 Å². The second-order valence-corrected chi connectivity index (χ2v) is 7.77. The summed E-state index contributed by atoms with van der Waals surface area (Å²) >= 11 is 0. The van der Waals surface area contributed by atoms with Crippen molar-refractivity contribution >= 4 is 23.7 Å². The topological polar surface area (TPSA) is 140 Å². The Morgan fingerprint density at radius 2 is 1.87 bits per heavy atom. The number of nitrogens with two attached hydrogens (primary N) is 2. The van der Waals surface area contributed by atoms with E-state index in [9.17, 15) is 4.79 Å². The molecule has 0 radical (unpaired) electrons. The quantitative estimate of drug-likeness (QED) is 0.706. The van der Waals surface area contributed by atoms with Crippen molar-refractivity contribution in [3.8, 4) is 11.3 Å². The number of anilines is 3. The Balaban J connectivity index is 1.54. The molecule has 11 heteroatoms. The highest BCUT2D eigenvalue weighted by Crippen LogP contribution is 2.37. The van der Waals surface area contributed by atoms with E-state index in [2.05, 4.69) is 19.8 Å². The van der Waals surface area contributed by atoms with Crippen molar-refractivity contribution in [3.63, 3.8) is 0 Å². The predicted molar refractivity (Wildman–Crippen MR) is 111 cm³/mol. The highest BCUT2D eigenvalue weighted by Gasteiger charge is 2.36. The fraction of sp³-hybridized carbons (Fsp3) is 0.526. The summed E-state index contributed by atoms with van der Waals surface area (Å²) in [5, 5.41) is 0.